The Morgan fingerprint density at radius 1 is 1.40 bits per heavy atom. The molecule has 0 aromatic carbocycles. The van der Waals surface area contributed by atoms with E-state index >= 15 is 0 Å². The van der Waals surface area contributed by atoms with E-state index in [1.165, 1.54) is 12.8 Å². The van der Waals surface area contributed by atoms with Crippen molar-refractivity contribution in [2.45, 2.75) is 64.1 Å². The summed E-state index contributed by atoms with van der Waals surface area (Å²) in [4.78, 5) is 28.1. The van der Waals surface area contributed by atoms with Crippen LogP contribution in [0.1, 0.15) is 56.4 Å². The highest BCUT2D eigenvalue weighted by molar-refractivity contribution is 7.17. The van der Waals surface area contributed by atoms with E-state index in [0.717, 1.165) is 29.5 Å². The maximum Gasteiger partial charge on any atom is 0.271 e. The van der Waals surface area contributed by atoms with Gasteiger partial charge in [-0.3, -0.25) is 9.59 Å². The predicted octanol–water partition coefficient (Wildman–Crippen LogP) is 3.39. The van der Waals surface area contributed by atoms with Crippen LogP contribution in [0.25, 0.3) is 10.2 Å². The van der Waals surface area contributed by atoms with Crippen LogP contribution in [0.5, 0.6) is 0 Å². The van der Waals surface area contributed by atoms with Gasteiger partial charge in [-0.15, -0.1) is 11.3 Å². The van der Waals surface area contributed by atoms with Crippen molar-refractivity contribution >= 4 is 33.4 Å². The van der Waals surface area contributed by atoms with Gasteiger partial charge in [0.15, 0.2) is 0 Å². The van der Waals surface area contributed by atoms with E-state index in [0.29, 0.717) is 18.8 Å². The lowest BCUT2D eigenvalue weighted by Crippen LogP contribution is -2.64. The first kappa shape index (κ1) is 16.6. The van der Waals surface area contributed by atoms with Gasteiger partial charge in [-0.05, 0) is 43.7 Å². The molecule has 1 unspecified atom stereocenters. The largest absolute Gasteiger partial charge is 0.351 e. The highest BCUT2D eigenvalue weighted by Gasteiger charge is 2.47. The maximum atomic E-state index is 13.2. The van der Waals surface area contributed by atoms with Crippen LogP contribution in [0, 0.1) is 0 Å². The Hall–Kier alpha value is -1.82. The van der Waals surface area contributed by atoms with Gasteiger partial charge in [-0.25, -0.2) is 0 Å². The van der Waals surface area contributed by atoms with Gasteiger partial charge in [-0.2, -0.15) is 0 Å². The normalized spacial score (nSPS) is 24.1. The van der Waals surface area contributed by atoms with Crippen LogP contribution in [0.15, 0.2) is 17.5 Å². The number of rotatable bonds is 4. The third kappa shape index (κ3) is 2.58. The first-order valence-corrected chi connectivity index (χ1v) is 10.1. The van der Waals surface area contributed by atoms with Gasteiger partial charge >= 0.3 is 0 Å². The standard InChI is InChI=1S/C19H25N3O2S/c1-3-9-22-17(23)15-11-16-14(8-10-25-16)21(15)12-19(22,2)18(24)20-13-6-4-5-7-13/h8,10-11,13H,3-7,9,12H2,1-2H3,(H,20,24). The van der Waals surface area contributed by atoms with Crippen molar-refractivity contribution in [3.8, 4) is 0 Å². The Morgan fingerprint density at radius 2 is 2.16 bits per heavy atom. The fourth-order valence-electron chi connectivity index (χ4n) is 4.26. The van der Waals surface area contributed by atoms with E-state index in [1.807, 2.05) is 29.0 Å². The molecule has 25 heavy (non-hydrogen) atoms. The molecule has 1 saturated carbocycles. The number of hydrogen-bond donors (Lipinski definition) is 1. The van der Waals surface area contributed by atoms with Crippen LogP contribution >= 0.6 is 11.3 Å². The fraction of sp³-hybridized carbons (Fsp3) is 0.579. The molecule has 0 radical (unpaired) electrons. The number of thiophene rings is 1. The average molecular weight is 359 g/mol. The smallest absolute Gasteiger partial charge is 0.271 e. The molecule has 1 fully saturated rings. The number of carbonyl (C=O) groups is 2. The Balaban J connectivity index is 1.72. The van der Waals surface area contributed by atoms with Crippen molar-refractivity contribution in [1.29, 1.82) is 0 Å². The lowest BCUT2D eigenvalue weighted by Gasteiger charge is -2.44. The summed E-state index contributed by atoms with van der Waals surface area (Å²) in [6, 6.07) is 4.27. The van der Waals surface area contributed by atoms with Crippen molar-refractivity contribution < 1.29 is 9.59 Å². The lowest BCUT2D eigenvalue weighted by atomic mass is 9.94. The summed E-state index contributed by atoms with van der Waals surface area (Å²) >= 11 is 1.64. The summed E-state index contributed by atoms with van der Waals surface area (Å²) in [5.74, 6) is -0.0375. The predicted molar refractivity (Wildman–Crippen MR) is 99.9 cm³/mol. The molecule has 2 aromatic rings. The summed E-state index contributed by atoms with van der Waals surface area (Å²) in [6.07, 6.45) is 5.29. The molecule has 5 nitrogen and oxygen atoms in total. The number of carbonyl (C=O) groups excluding carboxylic acids is 2. The van der Waals surface area contributed by atoms with E-state index in [1.54, 1.807) is 16.2 Å². The van der Waals surface area contributed by atoms with Gasteiger partial charge in [0.05, 0.1) is 16.8 Å². The maximum absolute atomic E-state index is 13.2. The first-order chi connectivity index (χ1) is 12.0. The molecule has 134 valence electrons. The fourth-order valence-corrected chi connectivity index (χ4v) is 5.08. The average Bonchev–Trinajstić information content (AvgIpc) is 3.29. The van der Waals surface area contributed by atoms with E-state index in [4.69, 9.17) is 0 Å². The van der Waals surface area contributed by atoms with Crippen LogP contribution in [-0.2, 0) is 11.3 Å². The topological polar surface area (TPSA) is 54.3 Å². The highest BCUT2D eigenvalue weighted by atomic mass is 32.1. The van der Waals surface area contributed by atoms with Gasteiger partial charge in [0.1, 0.15) is 11.2 Å². The molecule has 1 atom stereocenters. The van der Waals surface area contributed by atoms with Crippen molar-refractivity contribution in [3.63, 3.8) is 0 Å². The Bertz CT molecular complexity index is 818. The van der Waals surface area contributed by atoms with Gasteiger partial charge in [0, 0.05) is 12.6 Å². The molecule has 1 aliphatic heterocycles. The van der Waals surface area contributed by atoms with E-state index in [9.17, 15) is 9.59 Å². The number of hydrogen-bond acceptors (Lipinski definition) is 3. The lowest BCUT2D eigenvalue weighted by molar-refractivity contribution is -0.133. The molecular formula is C19H25N3O2S. The first-order valence-electron chi connectivity index (χ1n) is 9.24. The monoisotopic (exact) mass is 359 g/mol. The third-order valence-corrected chi connectivity index (χ3v) is 6.53. The Morgan fingerprint density at radius 3 is 2.88 bits per heavy atom. The van der Waals surface area contributed by atoms with Crippen molar-refractivity contribution in [3.05, 3.63) is 23.2 Å². The van der Waals surface area contributed by atoms with E-state index in [-0.39, 0.29) is 17.9 Å². The summed E-state index contributed by atoms with van der Waals surface area (Å²) in [5.41, 5.74) is 0.933. The van der Waals surface area contributed by atoms with Crippen molar-refractivity contribution in [2.24, 2.45) is 0 Å². The number of nitrogens with one attached hydrogen (secondary N) is 1. The molecule has 0 spiro atoms. The molecule has 3 heterocycles. The molecule has 2 amide bonds. The molecule has 0 saturated heterocycles. The van der Waals surface area contributed by atoms with Crippen LogP contribution in [0.4, 0.5) is 0 Å². The number of fused-ring (bicyclic) bond motifs is 3. The summed E-state index contributed by atoms with van der Waals surface area (Å²) in [7, 11) is 0. The third-order valence-electron chi connectivity index (χ3n) is 5.68. The molecular weight excluding hydrogens is 334 g/mol. The molecule has 4 rings (SSSR count). The highest BCUT2D eigenvalue weighted by Crippen LogP contribution is 2.34. The van der Waals surface area contributed by atoms with Crippen LogP contribution in [-0.4, -0.2) is 39.4 Å². The SMILES string of the molecule is CCCN1C(=O)c2cc3sccc3n2CC1(C)C(=O)NC1CCCC1. The second-order valence-corrected chi connectivity index (χ2v) is 8.42. The van der Waals surface area contributed by atoms with E-state index in [2.05, 4.69) is 12.2 Å². The zero-order valence-electron chi connectivity index (χ0n) is 14.9. The van der Waals surface area contributed by atoms with Crippen LogP contribution in [0.2, 0.25) is 0 Å². The van der Waals surface area contributed by atoms with Gasteiger partial charge < -0.3 is 14.8 Å². The second kappa shape index (κ2) is 6.16. The second-order valence-electron chi connectivity index (χ2n) is 7.47. The molecule has 1 aliphatic carbocycles. The molecule has 2 aliphatic rings. The minimum atomic E-state index is -0.837. The number of amides is 2. The quantitative estimate of drug-likeness (QED) is 0.910. The van der Waals surface area contributed by atoms with Gasteiger partial charge in [0.2, 0.25) is 5.91 Å². The molecule has 6 heteroatoms. The van der Waals surface area contributed by atoms with Crippen molar-refractivity contribution in [2.75, 3.05) is 6.54 Å². The van der Waals surface area contributed by atoms with E-state index < -0.39 is 5.54 Å². The van der Waals surface area contributed by atoms with Gasteiger partial charge in [0.25, 0.3) is 5.91 Å². The minimum absolute atomic E-state index is 0.0103. The van der Waals surface area contributed by atoms with Gasteiger partial charge in [-0.1, -0.05) is 19.8 Å². The summed E-state index contributed by atoms with van der Waals surface area (Å²) < 4.78 is 3.15. The Labute approximate surface area is 152 Å². The number of aromatic nitrogens is 1. The molecule has 0 bridgehead atoms. The van der Waals surface area contributed by atoms with Crippen LogP contribution in [0.3, 0.4) is 0 Å². The molecule has 2 aromatic heterocycles. The zero-order chi connectivity index (χ0) is 17.6. The minimum Gasteiger partial charge on any atom is -0.351 e. The van der Waals surface area contributed by atoms with Crippen LogP contribution < -0.4 is 5.32 Å². The Kier molecular flexibility index (Phi) is 4.10. The molecule has 1 N–H and O–H groups in total. The summed E-state index contributed by atoms with van der Waals surface area (Å²) in [5, 5.41) is 5.26. The summed E-state index contributed by atoms with van der Waals surface area (Å²) in [6.45, 7) is 5.10. The zero-order valence-corrected chi connectivity index (χ0v) is 15.7. The van der Waals surface area contributed by atoms with Crippen molar-refractivity contribution in [1.82, 2.24) is 14.8 Å². The number of nitrogens with zero attached hydrogens (tertiary/aromatic N) is 2.